The number of carbonyl (C=O) groups excluding carboxylic acids is 2. The fourth-order valence-electron chi connectivity index (χ4n) is 1.27. The van der Waals surface area contributed by atoms with E-state index in [1.54, 1.807) is 20.8 Å². The van der Waals surface area contributed by atoms with E-state index >= 15 is 0 Å². The molecule has 0 fully saturated rings. The van der Waals surface area contributed by atoms with E-state index in [9.17, 15) is 14.2 Å². The molecule has 0 N–H and O–H groups in total. The first-order chi connectivity index (χ1) is 8.26. The molecule has 6 nitrogen and oxygen atoms in total. The number of ether oxygens (including phenoxy) is 1. The first-order valence-corrected chi connectivity index (χ1v) is 7.41. The second-order valence-electron chi connectivity index (χ2n) is 3.94. The monoisotopic (exact) mass is 280 g/mol. The highest BCUT2D eigenvalue weighted by atomic mass is 31.2. The first kappa shape index (κ1) is 17.3. The summed E-state index contributed by atoms with van der Waals surface area (Å²) in [6.07, 6.45) is 0. The second kappa shape index (κ2) is 7.02. The van der Waals surface area contributed by atoms with Crippen LogP contribution in [0.1, 0.15) is 34.6 Å². The quantitative estimate of drug-likeness (QED) is 0.385. The lowest BCUT2D eigenvalue weighted by Gasteiger charge is -2.30. The molecule has 0 atom stereocenters. The van der Waals surface area contributed by atoms with Crippen LogP contribution in [-0.4, -0.2) is 36.7 Å². The molecule has 0 heterocycles. The van der Waals surface area contributed by atoms with Crippen LogP contribution in [-0.2, 0) is 27.9 Å². The van der Waals surface area contributed by atoms with E-state index in [0.29, 0.717) is 0 Å². The zero-order chi connectivity index (χ0) is 14.4. The predicted molar refractivity (Wildman–Crippen MR) is 66.6 cm³/mol. The van der Waals surface area contributed by atoms with E-state index in [2.05, 4.69) is 4.74 Å². The second-order valence-corrected chi connectivity index (χ2v) is 6.57. The maximum absolute atomic E-state index is 12.5. The largest absolute Gasteiger partial charge is 0.460 e. The van der Waals surface area contributed by atoms with Gasteiger partial charge in [-0.05, 0) is 34.6 Å². The molecule has 0 aliphatic rings. The van der Waals surface area contributed by atoms with Gasteiger partial charge in [-0.15, -0.1) is 0 Å². The van der Waals surface area contributed by atoms with Crippen molar-refractivity contribution in [3.63, 3.8) is 0 Å². The van der Waals surface area contributed by atoms with Gasteiger partial charge in [0.25, 0.3) is 5.78 Å². The number of rotatable bonds is 8. The van der Waals surface area contributed by atoms with Crippen LogP contribution >= 0.6 is 7.60 Å². The normalized spacial score (nSPS) is 12.3. The fourth-order valence-corrected chi connectivity index (χ4v) is 3.01. The Morgan fingerprint density at radius 2 is 1.44 bits per heavy atom. The molecular formula is C11H21O6P. The van der Waals surface area contributed by atoms with Crippen LogP contribution in [0.25, 0.3) is 0 Å². The van der Waals surface area contributed by atoms with Crippen LogP contribution in [0.15, 0.2) is 0 Å². The number of hydrogen-bond donors (Lipinski definition) is 0. The first-order valence-electron chi connectivity index (χ1n) is 5.87. The molecule has 0 amide bonds. The SMILES string of the molecule is CCOC(=O)C(=O)C(C)(C)P(=O)(OCC)OCC. The highest BCUT2D eigenvalue weighted by molar-refractivity contribution is 7.57. The van der Waals surface area contributed by atoms with Crippen molar-refractivity contribution in [1.29, 1.82) is 0 Å². The van der Waals surface area contributed by atoms with E-state index in [1.807, 2.05) is 0 Å². The van der Waals surface area contributed by atoms with E-state index in [-0.39, 0.29) is 19.8 Å². The molecule has 18 heavy (non-hydrogen) atoms. The number of esters is 1. The molecule has 0 unspecified atom stereocenters. The predicted octanol–water partition coefficient (Wildman–Crippen LogP) is 2.16. The molecule has 0 bridgehead atoms. The van der Waals surface area contributed by atoms with Gasteiger partial charge in [0.05, 0.1) is 19.8 Å². The Morgan fingerprint density at radius 1 is 1.00 bits per heavy atom. The molecule has 0 saturated heterocycles. The van der Waals surface area contributed by atoms with Crippen LogP contribution < -0.4 is 0 Å². The fraction of sp³-hybridized carbons (Fsp3) is 0.818. The van der Waals surface area contributed by atoms with Crippen molar-refractivity contribution in [2.24, 2.45) is 0 Å². The van der Waals surface area contributed by atoms with Crippen LogP contribution in [0.5, 0.6) is 0 Å². The van der Waals surface area contributed by atoms with Gasteiger partial charge >= 0.3 is 13.6 Å². The Labute approximate surface area is 108 Å². The summed E-state index contributed by atoms with van der Waals surface area (Å²) in [5.74, 6) is -1.93. The van der Waals surface area contributed by atoms with Crippen molar-refractivity contribution in [3.8, 4) is 0 Å². The lowest BCUT2D eigenvalue weighted by Crippen LogP contribution is -2.39. The molecule has 0 rings (SSSR count). The van der Waals surface area contributed by atoms with Crippen molar-refractivity contribution < 1.29 is 27.9 Å². The molecule has 0 aromatic carbocycles. The molecule has 0 radical (unpaired) electrons. The van der Waals surface area contributed by atoms with Gasteiger partial charge in [-0.25, -0.2) is 4.79 Å². The Kier molecular flexibility index (Phi) is 6.74. The van der Waals surface area contributed by atoms with Crippen molar-refractivity contribution >= 4 is 19.3 Å². The number of carbonyl (C=O) groups is 2. The summed E-state index contributed by atoms with van der Waals surface area (Å²) < 4.78 is 27.3. The molecule has 0 aliphatic carbocycles. The standard InChI is InChI=1S/C11H21O6P/c1-6-15-10(13)9(12)11(4,5)18(14,16-7-2)17-8-3/h6-8H2,1-5H3. The van der Waals surface area contributed by atoms with Crippen LogP contribution in [0.4, 0.5) is 0 Å². The summed E-state index contributed by atoms with van der Waals surface area (Å²) in [7, 11) is -3.71. The Morgan fingerprint density at radius 3 is 1.78 bits per heavy atom. The molecule has 0 aromatic rings. The van der Waals surface area contributed by atoms with E-state index in [4.69, 9.17) is 9.05 Å². The van der Waals surface area contributed by atoms with Gasteiger partial charge in [0.1, 0.15) is 5.16 Å². The maximum Gasteiger partial charge on any atom is 0.375 e. The molecule has 106 valence electrons. The Balaban J connectivity index is 5.23. The molecule has 0 aromatic heterocycles. The van der Waals surface area contributed by atoms with Crippen LogP contribution in [0, 0.1) is 0 Å². The van der Waals surface area contributed by atoms with E-state index < -0.39 is 24.5 Å². The van der Waals surface area contributed by atoms with Gasteiger partial charge in [-0.1, -0.05) is 0 Å². The molecule has 7 heteroatoms. The van der Waals surface area contributed by atoms with Gasteiger partial charge in [0, 0.05) is 0 Å². The van der Waals surface area contributed by atoms with Gasteiger partial charge in [0.2, 0.25) is 0 Å². The third kappa shape index (κ3) is 3.64. The smallest absolute Gasteiger partial charge is 0.375 e. The minimum absolute atomic E-state index is 0.0776. The number of ketones is 1. The molecule has 0 aliphatic heterocycles. The zero-order valence-corrected chi connectivity index (χ0v) is 12.4. The maximum atomic E-state index is 12.5. The van der Waals surface area contributed by atoms with Gasteiger partial charge < -0.3 is 13.8 Å². The summed E-state index contributed by atoms with van der Waals surface area (Å²) in [4.78, 5) is 23.4. The van der Waals surface area contributed by atoms with E-state index in [1.165, 1.54) is 13.8 Å². The Hall–Kier alpha value is -0.710. The summed E-state index contributed by atoms with van der Waals surface area (Å²) in [6.45, 7) is 7.90. The van der Waals surface area contributed by atoms with Gasteiger partial charge in [-0.3, -0.25) is 9.36 Å². The van der Waals surface area contributed by atoms with Crippen molar-refractivity contribution in [3.05, 3.63) is 0 Å². The van der Waals surface area contributed by atoms with Crippen molar-refractivity contribution in [2.45, 2.75) is 39.8 Å². The third-order valence-corrected chi connectivity index (χ3v) is 5.07. The summed E-state index contributed by atoms with van der Waals surface area (Å²) in [5, 5.41) is -1.56. The molecular weight excluding hydrogens is 259 g/mol. The van der Waals surface area contributed by atoms with Crippen molar-refractivity contribution in [1.82, 2.24) is 0 Å². The average Bonchev–Trinajstić information content (AvgIpc) is 2.28. The van der Waals surface area contributed by atoms with Crippen molar-refractivity contribution in [2.75, 3.05) is 19.8 Å². The van der Waals surface area contributed by atoms with E-state index in [0.717, 1.165) is 0 Å². The minimum Gasteiger partial charge on any atom is -0.460 e. The minimum atomic E-state index is -3.71. The zero-order valence-electron chi connectivity index (χ0n) is 11.5. The topological polar surface area (TPSA) is 78.9 Å². The molecule has 0 saturated carbocycles. The highest BCUT2D eigenvalue weighted by Crippen LogP contribution is 2.60. The summed E-state index contributed by atoms with van der Waals surface area (Å²) in [5.41, 5.74) is 0. The lowest BCUT2D eigenvalue weighted by molar-refractivity contribution is -0.154. The number of hydrogen-bond acceptors (Lipinski definition) is 6. The summed E-state index contributed by atoms with van der Waals surface area (Å²) in [6, 6.07) is 0. The van der Waals surface area contributed by atoms with Crippen LogP contribution in [0.3, 0.4) is 0 Å². The van der Waals surface area contributed by atoms with Gasteiger partial charge in [-0.2, -0.15) is 0 Å². The van der Waals surface area contributed by atoms with Crippen LogP contribution in [0.2, 0.25) is 0 Å². The number of Topliss-reactive ketones (excluding diaryl/α,β-unsaturated/α-hetero) is 1. The summed E-state index contributed by atoms with van der Waals surface area (Å²) >= 11 is 0. The lowest BCUT2D eigenvalue weighted by atomic mass is 10.1. The average molecular weight is 280 g/mol. The highest BCUT2D eigenvalue weighted by Gasteiger charge is 2.52. The van der Waals surface area contributed by atoms with Gasteiger partial charge in [0.15, 0.2) is 0 Å². The Bertz CT molecular complexity index is 339. The third-order valence-electron chi connectivity index (χ3n) is 2.30. The molecule has 0 spiro atoms.